The van der Waals surface area contributed by atoms with Gasteiger partial charge in [-0.05, 0) is 35.0 Å². The van der Waals surface area contributed by atoms with E-state index >= 15 is 0 Å². The average Bonchev–Trinajstić information content (AvgIpc) is 2.84. The Balaban J connectivity index is 2.34. The second-order valence-electron chi connectivity index (χ2n) is 4.71. The first-order chi connectivity index (χ1) is 9.54. The number of nitrogens with one attached hydrogen (secondary N) is 2. The molecule has 0 spiro atoms. The molecule has 2 heterocycles. The number of hydrogen-bond acceptors (Lipinski definition) is 4. The fourth-order valence-corrected chi connectivity index (χ4v) is 2.58. The standard InChI is InChI=1S/C14H6N2O4/c17-11-7-1-5-2-9-10(14(20)16-13(9)19)4-6(5)3-8(7)12(18)15-11/h1-4H,(H,15,17,18)(H,16,19,20). The molecule has 4 aromatic rings. The van der Waals surface area contributed by atoms with Crippen molar-refractivity contribution < 1.29 is 0 Å². The van der Waals surface area contributed by atoms with E-state index in [1.165, 1.54) is 0 Å². The van der Waals surface area contributed by atoms with Gasteiger partial charge in [-0.1, -0.05) is 0 Å². The van der Waals surface area contributed by atoms with Crippen LogP contribution in [0, 0.1) is 0 Å². The lowest BCUT2D eigenvalue weighted by atomic mass is 10.0. The van der Waals surface area contributed by atoms with Gasteiger partial charge in [-0.25, -0.2) is 0 Å². The third-order valence-corrected chi connectivity index (χ3v) is 3.55. The van der Waals surface area contributed by atoms with Crippen molar-refractivity contribution in [1.29, 1.82) is 0 Å². The molecule has 2 N–H and O–H groups in total. The van der Waals surface area contributed by atoms with Crippen LogP contribution in [0.1, 0.15) is 0 Å². The Bertz CT molecular complexity index is 1030. The van der Waals surface area contributed by atoms with Crippen LogP contribution in [0.2, 0.25) is 0 Å². The second-order valence-corrected chi connectivity index (χ2v) is 4.71. The summed E-state index contributed by atoms with van der Waals surface area (Å²) in [5, 5.41) is 2.41. The van der Waals surface area contributed by atoms with Crippen LogP contribution < -0.4 is 22.2 Å². The Hall–Kier alpha value is -3.02. The van der Waals surface area contributed by atoms with Gasteiger partial charge in [-0.2, -0.15) is 0 Å². The van der Waals surface area contributed by atoms with Gasteiger partial charge in [0.15, 0.2) is 0 Å². The molecule has 20 heavy (non-hydrogen) atoms. The van der Waals surface area contributed by atoms with Crippen molar-refractivity contribution in [2.45, 2.75) is 0 Å². The second kappa shape index (κ2) is 3.30. The number of rotatable bonds is 0. The van der Waals surface area contributed by atoms with Gasteiger partial charge in [-0.15, -0.1) is 0 Å². The molecule has 6 nitrogen and oxygen atoms in total. The van der Waals surface area contributed by atoms with Crippen LogP contribution in [0.4, 0.5) is 0 Å². The first kappa shape index (κ1) is 10.9. The summed E-state index contributed by atoms with van der Waals surface area (Å²) in [5.74, 6) is 0. The molecule has 0 fully saturated rings. The predicted octanol–water partition coefficient (Wildman–Crippen LogP) is 0.119. The average molecular weight is 266 g/mol. The van der Waals surface area contributed by atoms with Gasteiger partial charge in [0.25, 0.3) is 22.2 Å². The summed E-state index contributed by atoms with van der Waals surface area (Å²) in [6.45, 7) is 0. The summed E-state index contributed by atoms with van der Waals surface area (Å²) in [5.41, 5.74) is -1.80. The summed E-state index contributed by atoms with van der Waals surface area (Å²) < 4.78 is 0. The molecule has 0 amide bonds. The fraction of sp³-hybridized carbons (Fsp3) is 0. The highest BCUT2D eigenvalue weighted by Crippen LogP contribution is 2.22. The first-order valence-corrected chi connectivity index (χ1v) is 5.88. The van der Waals surface area contributed by atoms with Gasteiger partial charge in [0.1, 0.15) is 0 Å². The predicted molar refractivity (Wildman–Crippen MR) is 75.1 cm³/mol. The van der Waals surface area contributed by atoms with Crippen molar-refractivity contribution in [2.24, 2.45) is 0 Å². The largest absolute Gasteiger partial charge is 0.288 e. The van der Waals surface area contributed by atoms with Crippen LogP contribution >= 0.6 is 0 Å². The summed E-state index contributed by atoms with van der Waals surface area (Å²) >= 11 is 0. The molecule has 4 rings (SSSR count). The Morgan fingerprint density at radius 1 is 0.500 bits per heavy atom. The van der Waals surface area contributed by atoms with E-state index in [2.05, 4.69) is 9.97 Å². The van der Waals surface area contributed by atoms with Gasteiger partial charge in [0.2, 0.25) is 0 Å². The molecule has 0 saturated heterocycles. The lowest BCUT2D eigenvalue weighted by Crippen LogP contribution is -2.05. The monoisotopic (exact) mass is 266 g/mol. The fourth-order valence-electron chi connectivity index (χ4n) is 2.58. The van der Waals surface area contributed by atoms with Crippen molar-refractivity contribution in [3.05, 3.63) is 65.7 Å². The quantitative estimate of drug-likeness (QED) is 0.472. The third-order valence-electron chi connectivity index (χ3n) is 3.55. The molecule has 0 aliphatic carbocycles. The third kappa shape index (κ3) is 1.22. The van der Waals surface area contributed by atoms with E-state index in [1.54, 1.807) is 24.3 Å². The number of H-pyrrole nitrogens is 2. The molecule has 0 saturated carbocycles. The molecule has 0 unspecified atom stereocenters. The highest BCUT2D eigenvalue weighted by Gasteiger charge is 2.11. The van der Waals surface area contributed by atoms with E-state index in [-0.39, 0.29) is 21.5 Å². The van der Waals surface area contributed by atoms with Crippen molar-refractivity contribution in [3.63, 3.8) is 0 Å². The molecular weight excluding hydrogens is 260 g/mol. The van der Waals surface area contributed by atoms with Crippen molar-refractivity contribution in [3.8, 4) is 0 Å². The molecule has 0 bridgehead atoms. The van der Waals surface area contributed by atoms with E-state index in [1.807, 2.05) is 0 Å². The molecule has 2 aromatic heterocycles. The maximum Gasteiger partial charge on any atom is 0.258 e. The van der Waals surface area contributed by atoms with Gasteiger partial charge in [0, 0.05) is 0 Å². The number of aromatic amines is 2. The molecular formula is C14H6N2O4. The first-order valence-electron chi connectivity index (χ1n) is 5.88. The topological polar surface area (TPSA) is 99.9 Å². The van der Waals surface area contributed by atoms with Crippen molar-refractivity contribution in [1.82, 2.24) is 9.97 Å². The van der Waals surface area contributed by atoms with E-state index in [0.717, 1.165) is 0 Å². The number of hydrogen-bond donors (Lipinski definition) is 2. The van der Waals surface area contributed by atoms with E-state index < -0.39 is 22.2 Å². The Morgan fingerprint density at radius 3 is 1.00 bits per heavy atom. The zero-order chi connectivity index (χ0) is 14.0. The van der Waals surface area contributed by atoms with Gasteiger partial charge >= 0.3 is 0 Å². The van der Waals surface area contributed by atoms with E-state index in [4.69, 9.17) is 0 Å². The van der Waals surface area contributed by atoms with Crippen LogP contribution in [-0.4, -0.2) is 9.97 Å². The zero-order valence-corrected chi connectivity index (χ0v) is 9.94. The van der Waals surface area contributed by atoms with E-state index in [0.29, 0.717) is 10.8 Å². The van der Waals surface area contributed by atoms with Crippen LogP contribution in [0.5, 0.6) is 0 Å². The highest BCUT2D eigenvalue weighted by atomic mass is 16.2. The minimum Gasteiger partial charge on any atom is -0.288 e. The van der Waals surface area contributed by atoms with Gasteiger partial charge in [0.05, 0.1) is 21.5 Å². The normalized spacial score (nSPS) is 11.8. The molecule has 0 atom stereocenters. The number of aromatic nitrogens is 2. The molecule has 0 aliphatic heterocycles. The lowest BCUT2D eigenvalue weighted by Gasteiger charge is -1.97. The van der Waals surface area contributed by atoms with Gasteiger partial charge < -0.3 is 0 Å². The Labute approximate surface area is 109 Å². The van der Waals surface area contributed by atoms with Crippen LogP contribution in [-0.2, 0) is 0 Å². The summed E-state index contributed by atoms with van der Waals surface area (Å²) in [6.07, 6.45) is 0. The number of fused-ring (bicyclic) bond motifs is 3. The van der Waals surface area contributed by atoms with Crippen LogP contribution in [0.3, 0.4) is 0 Å². The number of benzene rings is 2. The smallest absolute Gasteiger partial charge is 0.258 e. The Kier molecular flexibility index (Phi) is 1.79. The van der Waals surface area contributed by atoms with Crippen LogP contribution in [0.25, 0.3) is 32.3 Å². The molecule has 6 heteroatoms. The zero-order valence-electron chi connectivity index (χ0n) is 9.94. The van der Waals surface area contributed by atoms with Gasteiger partial charge in [-0.3, -0.25) is 29.1 Å². The molecule has 0 aliphatic rings. The van der Waals surface area contributed by atoms with E-state index in [9.17, 15) is 19.2 Å². The Morgan fingerprint density at radius 2 is 0.750 bits per heavy atom. The lowest BCUT2D eigenvalue weighted by molar-refractivity contribution is 1.26. The summed E-state index contributed by atoms with van der Waals surface area (Å²) in [7, 11) is 0. The molecule has 96 valence electrons. The van der Waals surface area contributed by atoms with Crippen molar-refractivity contribution in [2.75, 3.05) is 0 Å². The minimum absolute atomic E-state index is 0.284. The maximum atomic E-state index is 11.6. The van der Waals surface area contributed by atoms with Crippen LogP contribution in [0.15, 0.2) is 43.4 Å². The summed E-state index contributed by atoms with van der Waals surface area (Å²) in [6, 6.07) is 6.23. The molecule has 0 radical (unpaired) electrons. The SMILES string of the molecule is O=c1[nH]c(=O)c2cc3cc4c(=O)[nH]c(=O)c4cc3cc12. The minimum atomic E-state index is -0.451. The summed E-state index contributed by atoms with van der Waals surface area (Å²) in [4.78, 5) is 50.8. The highest BCUT2D eigenvalue weighted by molar-refractivity contribution is 6.04. The molecule has 2 aromatic carbocycles. The van der Waals surface area contributed by atoms with Crippen molar-refractivity contribution >= 4 is 32.3 Å². The maximum absolute atomic E-state index is 11.6.